The molecule has 1 fully saturated rings. The fourth-order valence-corrected chi connectivity index (χ4v) is 7.31. The van der Waals surface area contributed by atoms with Crippen molar-refractivity contribution in [2.24, 2.45) is 22.1 Å². The third kappa shape index (κ3) is 7.10. The Morgan fingerprint density at radius 3 is 2.77 bits per heavy atom. The molecule has 6 nitrogen and oxygen atoms in total. The van der Waals surface area contributed by atoms with Crippen LogP contribution in [-0.2, 0) is 32.4 Å². The van der Waals surface area contributed by atoms with E-state index in [2.05, 4.69) is 33.5 Å². The highest BCUT2D eigenvalue weighted by atomic mass is 35.5. The molecule has 40 heavy (non-hydrogen) atoms. The van der Waals surface area contributed by atoms with Gasteiger partial charge in [-0.05, 0) is 98.2 Å². The van der Waals surface area contributed by atoms with Crippen LogP contribution in [0.15, 0.2) is 52.9 Å². The van der Waals surface area contributed by atoms with Gasteiger partial charge in [-0.25, -0.2) is 0 Å². The molecule has 2 aromatic carbocycles. The number of methoxy groups -OCH3 is 1. The molecule has 2 heterocycles. The number of hydrogen-bond donors (Lipinski definition) is 0. The largest absolute Gasteiger partial charge is 0.491 e. The van der Waals surface area contributed by atoms with Gasteiger partial charge in [-0.1, -0.05) is 48.4 Å². The van der Waals surface area contributed by atoms with Crippen molar-refractivity contribution >= 4 is 33.8 Å². The van der Waals surface area contributed by atoms with Crippen molar-refractivity contribution in [3.63, 3.8) is 0 Å². The standard InChI is InChI=1S/C32H40ClN2O4S/c1-22-6-5-8-30(38-2)28-13-10-26(28)20-35-16-15-23-9-12-27(33)18-24(23)7-3-4-17-39-31-14-11-25(19-29(31)35)32(36)34-40(37)21-22/h5,8-9,11-12,14,18-19,22,26,28,30H,3-4,6-7,10,13,15-17,20-21H2,1-2H3/q-1/b8-5+/t22-,26-,28+,30-/m0/s1. The Morgan fingerprint density at radius 2 is 1.98 bits per heavy atom. The second-order valence-corrected chi connectivity index (χ2v) is 13.0. The number of fused-ring (bicyclic) bond motifs is 3. The highest BCUT2D eigenvalue weighted by Crippen LogP contribution is 2.41. The van der Waals surface area contributed by atoms with Crippen LogP contribution in [-0.4, -0.2) is 44.6 Å². The molecule has 2 aromatic rings. The smallest absolute Gasteiger partial charge is 0.254 e. The number of rotatable bonds is 1. The Morgan fingerprint density at radius 1 is 1.10 bits per heavy atom. The first-order chi connectivity index (χ1) is 19.4. The van der Waals surface area contributed by atoms with Gasteiger partial charge in [-0.3, -0.25) is 4.79 Å². The van der Waals surface area contributed by atoms with Crippen LogP contribution in [0.1, 0.15) is 60.5 Å². The van der Waals surface area contributed by atoms with Crippen molar-refractivity contribution in [2.75, 3.05) is 37.5 Å². The molecule has 1 saturated carbocycles. The van der Waals surface area contributed by atoms with Gasteiger partial charge in [0, 0.05) is 30.8 Å². The van der Waals surface area contributed by atoms with E-state index in [9.17, 15) is 9.00 Å². The van der Waals surface area contributed by atoms with Crippen molar-refractivity contribution in [3.8, 4) is 5.75 Å². The van der Waals surface area contributed by atoms with Gasteiger partial charge >= 0.3 is 0 Å². The molecular formula is C32H40ClN2O4S-. The number of carbonyl (C=O) groups excluding carboxylic acids is 1. The van der Waals surface area contributed by atoms with E-state index in [1.54, 1.807) is 13.2 Å². The van der Waals surface area contributed by atoms with E-state index in [0.29, 0.717) is 29.8 Å². The van der Waals surface area contributed by atoms with Gasteiger partial charge < -0.3 is 22.9 Å². The van der Waals surface area contributed by atoms with E-state index >= 15 is 0 Å². The van der Waals surface area contributed by atoms with Crippen molar-refractivity contribution < 1.29 is 18.5 Å². The highest BCUT2D eigenvalue weighted by Gasteiger charge is 2.37. The maximum atomic E-state index is 13.1. The summed E-state index contributed by atoms with van der Waals surface area (Å²) in [5.74, 6) is 1.72. The number of nitrogens with zero attached hydrogens (tertiary/aromatic N) is 2. The fourth-order valence-electron chi connectivity index (χ4n) is 6.13. The summed E-state index contributed by atoms with van der Waals surface area (Å²) in [7, 11) is 0.207. The number of allylic oxidation sites excluding steroid dienone is 1. The van der Waals surface area contributed by atoms with Gasteiger partial charge in [0.05, 0.1) is 18.4 Å². The quantitative estimate of drug-likeness (QED) is 0.266. The first-order valence-corrected chi connectivity index (χ1v) is 16.2. The first kappa shape index (κ1) is 29.2. The number of halogens is 1. The minimum absolute atomic E-state index is 0.0491. The van der Waals surface area contributed by atoms with E-state index < -0.39 is 16.5 Å². The average molecular weight is 584 g/mol. The molecule has 0 saturated heterocycles. The SMILES string of the molecule is CO[C@H]1/C=C/C[C@H](C)C[S-](=O)=NC(=O)c2ccc3c(c2)N(CCc2ccc(Cl)cc2CCCCO3)C[C@@H]2CC[C@H]21. The highest BCUT2D eigenvalue weighted by molar-refractivity contribution is 7.75. The summed E-state index contributed by atoms with van der Waals surface area (Å²) >= 11 is 6.37. The second-order valence-electron chi connectivity index (χ2n) is 11.5. The monoisotopic (exact) mass is 583 g/mol. The minimum Gasteiger partial charge on any atom is -0.491 e. The zero-order valence-corrected chi connectivity index (χ0v) is 25.1. The Balaban J connectivity index is 1.55. The lowest BCUT2D eigenvalue weighted by Gasteiger charge is -2.43. The number of ether oxygens (including phenoxy) is 2. The van der Waals surface area contributed by atoms with Crippen LogP contribution >= 0.6 is 11.6 Å². The molecule has 5 rings (SSSR count). The molecule has 0 radical (unpaired) electrons. The van der Waals surface area contributed by atoms with Crippen LogP contribution in [0, 0.1) is 17.8 Å². The van der Waals surface area contributed by atoms with Gasteiger partial charge in [0.25, 0.3) is 5.91 Å². The summed E-state index contributed by atoms with van der Waals surface area (Å²) < 4.78 is 29.1. The molecule has 0 unspecified atom stereocenters. The number of benzene rings is 2. The fraction of sp³-hybridized carbons (Fsp3) is 0.531. The van der Waals surface area contributed by atoms with E-state index in [1.807, 2.05) is 25.1 Å². The number of aryl methyl sites for hydroxylation is 1. The summed E-state index contributed by atoms with van der Waals surface area (Å²) in [5.41, 5.74) is 3.96. The molecule has 2 aliphatic heterocycles. The number of carbonyl (C=O) groups is 1. The number of hydrogen-bond acceptors (Lipinski definition) is 6. The second kappa shape index (κ2) is 13.5. The van der Waals surface area contributed by atoms with E-state index in [-0.39, 0.29) is 12.0 Å². The summed E-state index contributed by atoms with van der Waals surface area (Å²) in [5, 5.41) is 0.770. The van der Waals surface area contributed by atoms with Crippen molar-refractivity contribution in [1.82, 2.24) is 0 Å². The minimum atomic E-state index is -1.58. The molecule has 1 aliphatic carbocycles. The Hall–Kier alpha value is -2.35. The zero-order valence-electron chi connectivity index (χ0n) is 23.5. The van der Waals surface area contributed by atoms with Crippen LogP contribution in [0.2, 0.25) is 5.02 Å². The van der Waals surface area contributed by atoms with Gasteiger partial charge in [0.2, 0.25) is 0 Å². The van der Waals surface area contributed by atoms with Crippen LogP contribution in [0.25, 0.3) is 0 Å². The van der Waals surface area contributed by atoms with Gasteiger partial charge in [-0.15, -0.1) is 0 Å². The topological polar surface area (TPSA) is 68.2 Å². The lowest BCUT2D eigenvalue weighted by Crippen LogP contribution is -2.44. The average Bonchev–Trinajstić information content (AvgIpc) is 2.91. The van der Waals surface area contributed by atoms with Crippen molar-refractivity contribution in [3.05, 3.63) is 70.3 Å². The third-order valence-corrected chi connectivity index (χ3v) is 10.0. The summed E-state index contributed by atoms with van der Waals surface area (Å²) in [6.45, 7) is 4.26. The van der Waals surface area contributed by atoms with Crippen LogP contribution in [0.5, 0.6) is 5.75 Å². The van der Waals surface area contributed by atoms with Crippen LogP contribution < -0.4 is 9.64 Å². The lowest BCUT2D eigenvalue weighted by atomic mass is 9.70. The van der Waals surface area contributed by atoms with E-state index in [0.717, 1.165) is 74.5 Å². The Kier molecular flexibility index (Phi) is 9.87. The first-order valence-electron chi connectivity index (χ1n) is 14.5. The summed E-state index contributed by atoms with van der Waals surface area (Å²) in [6, 6.07) is 11.8. The molecule has 216 valence electrons. The van der Waals surface area contributed by atoms with Crippen LogP contribution in [0.3, 0.4) is 0 Å². The van der Waals surface area contributed by atoms with Gasteiger partial charge in [0.1, 0.15) is 5.75 Å². The molecule has 3 aliphatic rings. The van der Waals surface area contributed by atoms with E-state index in [1.165, 1.54) is 11.1 Å². The number of amides is 1. The Labute approximate surface area is 245 Å². The maximum Gasteiger partial charge on any atom is 0.254 e. The third-order valence-electron chi connectivity index (χ3n) is 8.57. The van der Waals surface area contributed by atoms with Gasteiger partial charge in [0.15, 0.2) is 0 Å². The lowest BCUT2D eigenvalue weighted by molar-refractivity contribution is 0.0135. The molecule has 0 N–H and O–H groups in total. The summed E-state index contributed by atoms with van der Waals surface area (Å²) in [6.07, 6.45) is 11.2. The van der Waals surface area contributed by atoms with Crippen LogP contribution in [0.4, 0.5) is 5.69 Å². The number of anilines is 1. The molecule has 2 bridgehead atoms. The van der Waals surface area contributed by atoms with Crippen molar-refractivity contribution in [2.45, 2.75) is 58.0 Å². The Bertz CT molecular complexity index is 1320. The normalized spacial score (nSPS) is 27.5. The van der Waals surface area contributed by atoms with Gasteiger partial charge in [-0.2, -0.15) is 10.6 Å². The molecule has 1 amide bonds. The predicted octanol–water partition coefficient (Wildman–Crippen LogP) is 7.03. The van der Waals surface area contributed by atoms with Crippen molar-refractivity contribution in [1.29, 1.82) is 0 Å². The zero-order chi connectivity index (χ0) is 28.1. The molecular weight excluding hydrogens is 544 g/mol. The molecule has 4 atom stereocenters. The molecule has 8 heteroatoms. The maximum absolute atomic E-state index is 13.1. The van der Waals surface area contributed by atoms with E-state index in [4.69, 9.17) is 21.1 Å². The predicted molar refractivity (Wildman–Crippen MR) is 162 cm³/mol. The molecule has 0 aromatic heterocycles. The summed E-state index contributed by atoms with van der Waals surface area (Å²) in [4.78, 5) is 15.5. The molecule has 0 spiro atoms.